The molecule has 1 aromatic rings. The molecule has 2 aliphatic heterocycles. The maximum atomic E-state index is 12.5. The molecule has 2 unspecified atom stereocenters. The first-order valence-corrected chi connectivity index (χ1v) is 13.0. The summed E-state index contributed by atoms with van der Waals surface area (Å²) in [4.78, 5) is 16.8. The van der Waals surface area contributed by atoms with Crippen LogP contribution in [0.15, 0.2) is 30.3 Å². The third-order valence-corrected chi connectivity index (χ3v) is 7.68. The van der Waals surface area contributed by atoms with Crippen molar-refractivity contribution >= 4 is 15.7 Å². The first-order valence-electron chi connectivity index (χ1n) is 11.2. The van der Waals surface area contributed by atoms with Gasteiger partial charge in [0.15, 0.2) is 9.84 Å². The van der Waals surface area contributed by atoms with Crippen molar-refractivity contribution < 1.29 is 17.9 Å². The highest BCUT2D eigenvalue weighted by Crippen LogP contribution is 2.21. The van der Waals surface area contributed by atoms with Crippen molar-refractivity contribution in [3.63, 3.8) is 0 Å². The summed E-state index contributed by atoms with van der Waals surface area (Å²) in [6, 6.07) is 9.86. The average Bonchev–Trinajstić information content (AvgIpc) is 2.68. The van der Waals surface area contributed by atoms with Crippen LogP contribution in [0.25, 0.3) is 0 Å². The van der Waals surface area contributed by atoms with Gasteiger partial charge >= 0.3 is 0 Å². The molecule has 0 aromatic heterocycles. The molecular formula is C23H36N2O4S. The van der Waals surface area contributed by atoms with Crippen molar-refractivity contribution in [2.75, 3.05) is 44.2 Å². The van der Waals surface area contributed by atoms with Crippen molar-refractivity contribution in [3.05, 3.63) is 35.9 Å². The Bertz CT molecular complexity index is 766. The zero-order valence-electron chi connectivity index (χ0n) is 18.3. The standard InChI is InChI=1S/C23H36N2O4S/c1-19-15-24(16-20(2)29-19)17-22-10-12-25(13-11-22)23(26)18-30(27,28)14-6-9-21-7-4-3-5-8-21/h3-5,7-8,19-20,22H,6,9-18H2,1-2H3. The molecule has 2 saturated heterocycles. The number of morpholine rings is 1. The Morgan fingerprint density at radius 1 is 1.07 bits per heavy atom. The van der Waals surface area contributed by atoms with Gasteiger partial charge in [0.25, 0.3) is 0 Å². The van der Waals surface area contributed by atoms with Crippen molar-refractivity contribution in [2.45, 2.75) is 51.7 Å². The number of hydrogen-bond donors (Lipinski definition) is 0. The van der Waals surface area contributed by atoms with Crippen LogP contribution in [-0.2, 0) is 25.8 Å². The fourth-order valence-corrected chi connectivity index (χ4v) is 5.94. The van der Waals surface area contributed by atoms with Crippen LogP contribution >= 0.6 is 0 Å². The van der Waals surface area contributed by atoms with Crippen LogP contribution in [0.4, 0.5) is 0 Å². The fraction of sp³-hybridized carbons (Fsp3) is 0.696. The Labute approximate surface area is 181 Å². The van der Waals surface area contributed by atoms with E-state index >= 15 is 0 Å². The van der Waals surface area contributed by atoms with Crippen molar-refractivity contribution in [1.29, 1.82) is 0 Å². The summed E-state index contributed by atoms with van der Waals surface area (Å²) < 4.78 is 30.6. The molecule has 0 aliphatic carbocycles. The zero-order valence-corrected chi connectivity index (χ0v) is 19.1. The topological polar surface area (TPSA) is 66.9 Å². The molecule has 0 bridgehead atoms. The lowest BCUT2D eigenvalue weighted by atomic mass is 9.95. The van der Waals surface area contributed by atoms with Crippen molar-refractivity contribution in [2.24, 2.45) is 5.92 Å². The van der Waals surface area contributed by atoms with Gasteiger partial charge in [-0.15, -0.1) is 0 Å². The highest BCUT2D eigenvalue weighted by Gasteiger charge is 2.29. The maximum absolute atomic E-state index is 12.5. The van der Waals surface area contributed by atoms with E-state index < -0.39 is 9.84 Å². The minimum atomic E-state index is -3.36. The van der Waals surface area contributed by atoms with E-state index in [2.05, 4.69) is 18.7 Å². The highest BCUT2D eigenvalue weighted by atomic mass is 32.2. The number of likely N-dealkylation sites (tertiary alicyclic amines) is 1. The number of nitrogens with zero attached hydrogens (tertiary/aromatic N) is 2. The molecule has 2 heterocycles. The smallest absolute Gasteiger partial charge is 0.237 e. The predicted octanol–water partition coefficient (Wildman–Crippen LogP) is 2.38. The SMILES string of the molecule is CC1CN(CC2CCN(C(=O)CS(=O)(=O)CCCc3ccccc3)CC2)CC(C)O1. The Morgan fingerprint density at radius 3 is 2.33 bits per heavy atom. The quantitative estimate of drug-likeness (QED) is 0.626. The van der Waals surface area contributed by atoms with Crippen molar-refractivity contribution in [1.82, 2.24) is 9.80 Å². The number of hydrogen-bond acceptors (Lipinski definition) is 5. The van der Waals surface area contributed by atoms with Gasteiger partial charge in [-0.2, -0.15) is 0 Å². The lowest BCUT2D eigenvalue weighted by molar-refractivity contribution is -0.130. The second-order valence-corrected chi connectivity index (χ2v) is 11.2. The molecule has 1 aromatic carbocycles. The first kappa shape index (κ1) is 23.2. The molecule has 2 aliphatic rings. The molecule has 2 atom stereocenters. The zero-order chi connectivity index (χ0) is 21.6. The number of carbonyl (C=O) groups is 1. The summed E-state index contributed by atoms with van der Waals surface area (Å²) in [5, 5.41) is 0. The van der Waals surface area contributed by atoms with Crippen LogP contribution in [-0.4, -0.2) is 80.6 Å². The van der Waals surface area contributed by atoms with Crippen LogP contribution in [0, 0.1) is 5.92 Å². The van der Waals surface area contributed by atoms with Crippen LogP contribution in [0.1, 0.15) is 38.7 Å². The van der Waals surface area contributed by atoms with Crippen LogP contribution in [0.3, 0.4) is 0 Å². The molecule has 6 nitrogen and oxygen atoms in total. The van der Waals surface area contributed by atoms with E-state index in [0.717, 1.165) is 44.5 Å². The average molecular weight is 437 g/mol. The summed E-state index contributed by atoms with van der Waals surface area (Å²) in [7, 11) is -3.36. The lowest BCUT2D eigenvalue weighted by Gasteiger charge is -2.39. The molecule has 168 valence electrons. The summed E-state index contributed by atoms with van der Waals surface area (Å²) in [6.45, 7) is 8.53. The molecule has 3 rings (SSSR count). The Hall–Kier alpha value is -1.44. The van der Waals surface area contributed by atoms with Crippen LogP contribution in [0.2, 0.25) is 0 Å². The summed E-state index contributed by atoms with van der Waals surface area (Å²) in [5.74, 6) is 0.0402. The van der Waals surface area contributed by atoms with E-state index in [1.165, 1.54) is 0 Å². The van der Waals surface area contributed by atoms with E-state index in [4.69, 9.17) is 4.74 Å². The van der Waals surface area contributed by atoms with E-state index in [-0.39, 0.29) is 29.6 Å². The number of benzene rings is 1. The Morgan fingerprint density at radius 2 is 1.70 bits per heavy atom. The second-order valence-electron chi connectivity index (χ2n) is 8.98. The molecule has 2 fully saturated rings. The van der Waals surface area contributed by atoms with E-state index in [1.807, 2.05) is 30.3 Å². The summed E-state index contributed by atoms with van der Waals surface area (Å²) >= 11 is 0. The second kappa shape index (κ2) is 10.7. The summed E-state index contributed by atoms with van der Waals surface area (Å²) in [6.07, 6.45) is 3.70. The van der Waals surface area contributed by atoms with Crippen LogP contribution in [0.5, 0.6) is 0 Å². The number of rotatable bonds is 8. The summed E-state index contributed by atoms with van der Waals surface area (Å²) in [5.41, 5.74) is 1.13. The first-order chi connectivity index (χ1) is 14.3. The van der Waals surface area contributed by atoms with Crippen molar-refractivity contribution in [3.8, 4) is 0 Å². The predicted molar refractivity (Wildman–Crippen MR) is 119 cm³/mol. The maximum Gasteiger partial charge on any atom is 0.237 e. The van der Waals surface area contributed by atoms with Gasteiger partial charge in [-0.05, 0) is 51.0 Å². The highest BCUT2D eigenvalue weighted by molar-refractivity contribution is 7.92. The molecule has 7 heteroatoms. The molecule has 1 amide bonds. The number of carbonyl (C=O) groups excluding carboxylic acids is 1. The third-order valence-electron chi connectivity index (χ3n) is 6.09. The van der Waals surface area contributed by atoms with Gasteiger partial charge in [-0.1, -0.05) is 30.3 Å². The monoisotopic (exact) mass is 436 g/mol. The molecule has 30 heavy (non-hydrogen) atoms. The fourth-order valence-electron chi connectivity index (χ4n) is 4.66. The largest absolute Gasteiger partial charge is 0.373 e. The number of ether oxygens (including phenoxy) is 1. The lowest BCUT2D eigenvalue weighted by Crippen LogP contribution is -2.49. The molecule has 0 saturated carbocycles. The number of piperidine rings is 1. The van der Waals surface area contributed by atoms with Gasteiger partial charge < -0.3 is 9.64 Å². The minimum Gasteiger partial charge on any atom is -0.373 e. The molecule has 0 spiro atoms. The van der Waals surface area contributed by atoms with Gasteiger partial charge in [0.1, 0.15) is 5.75 Å². The van der Waals surface area contributed by atoms with Gasteiger partial charge in [0.05, 0.1) is 18.0 Å². The number of aryl methyl sites for hydroxylation is 1. The molecular weight excluding hydrogens is 400 g/mol. The number of amides is 1. The molecule has 0 N–H and O–H groups in total. The minimum absolute atomic E-state index is 0.0670. The van der Waals surface area contributed by atoms with E-state index in [0.29, 0.717) is 25.4 Å². The Kier molecular flexibility index (Phi) is 8.31. The van der Waals surface area contributed by atoms with Gasteiger partial charge in [-0.3, -0.25) is 9.69 Å². The van der Waals surface area contributed by atoms with Gasteiger partial charge in [0.2, 0.25) is 5.91 Å². The normalized spacial score (nSPS) is 24.1. The number of sulfone groups is 1. The van der Waals surface area contributed by atoms with Crippen LogP contribution < -0.4 is 0 Å². The third kappa shape index (κ3) is 7.36. The van der Waals surface area contributed by atoms with Gasteiger partial charge in [0, 0.05) is 32.7 Å². The van der Waals surface area contributed by atoms with E-state index in [1.54, 1.807) is 4.90 Å². The Balaban J connectivity index is 1.38. The molecule has 0 radical (unpaired) electrons. The van der Waals surface area contributed by atoms with Gasteiger partial charge in [-0.25, -0.2) is 8.42 Å². The van der Waals surface area contributed by atoms with E-state index in [9.17, 15) is 13.2 Å².